The maximum Gasteiger partial charge on any atom is 0.399 e. The van der Waals surface area contributed by atoms with Crippen LogP contribution in [0.15, 0.2) is 21.9 Å². The second-order valence-electron chi connectivity index (χ2n) is 11.2. The molecular weight excluding hydrogens is 537 g/mol. The Balaban J connectivity index is 0.00000274. The van der Waals surface area contributed by atoms with Gasteiger partial charge in [0, 0.05) is 25.4 Å². The molecule has 218 valence electrons. The fourth-order valence-corrected chi connectivity index (χ4v) is 5.09. The number of benzene rings is 1. The summed E-state index contributed by atoms with van der Waals surface area (Å²) in [5, 5.41) is 10.9. The van der Waals surface area contributed by atoms with Crippen molar-refractivity contribution in [2.75, 3.05) is 7.11 Å². The number of methoxy groups -OCH3 is 1. The summed E-state index contributed by atoms with van der Waals surface area (Å²) < 4.78 is 39.2. The standard InChI is InChI=1S/C26H33BFN2O7P.C2H6/c1-9-15-13-30(23(32)29-22(15)31)11-10-19(34-8)26(27,33)37-38-35-14-16-20(28)17(24(2,3)4)12-18(21(16)36-38)25(5,6)7;1-2/h1,12-13,19,33H,10-11,14H2,2-8H3,(H,29,31,32);1-2H3. The van der Waals surface area contributed by atoms with Crippen LogP contribution in [0.2, 0.25) is 0 Å². The molecule has 0 spiro atoms. The van der Waals surface area contributed by atoms with Crippen molar-refractivity contribution in [2.45, 2.75) is 97.6 Å². The van der Waals surface area contributed by atoms with E-state index in [2.05, 4.69) is 10.9 Å². The van der Waals surface area contributed by atoms with Crippen molar-refractivity contribution in [2.24, 2.45) is 0 Å². The number of rotatable bonds is 7. The van der Waals surface area contributed by atoms with Crippen molar-refractivity contribution in [1.82, 2.24) is 9.55 Å². The number of H-pyrrole nitrogens is 1. The number of aromatic nitrogens is 2. The molecule has 1 aliphatic rings. The third kappa shape index (κ3) is 7.62. The Morgan fingerprint density at radius 1 is 1.23 bits per heavy atom. The zero-order valence-electron chi connectivity index (χ0n) is 24.7. The molecule has 0 bridgehead atoms. The van der Waals surface area contributed by atoms with Crippen molar-refractivity contribution in [3.05, 3.63) is 61.2 Å². The first-order valence-corrected chi connectivity index (χ1v) is 14.1. The van der Waals surface area contributed by atoms with E-state index in [-0.39, 0.29) is 30.7 Å². The van der Waals surface area contributed by atoms with Gasteiger partial charge in [-0.2, -0.15) is 0 Å². The van der Waals surface area contributed by atoms with Gasteiger partial charge in [-0.25, -0.2) is 9.18 Å². The molecule has 40 heavy (non-hydrogen) atoms. The van der Waals surface area contributed by atoms with Crippen LogP contribution in [0, 0.1) is 18.2 Å². The van der Waals surface area contributed by atoms with E-state index in [9.17, 15) is 14.7 Å². The first-order chi connectivity index (χ1) is 18.5. The number of hydrogen-bond acceptors (Lipinski definition) is 7. The van der Waals surface area contributed by atoms with E-state index in [4.69, 9.17) is 32.6 Å². The fraction of sp³-hybridized carbons (Fsp3) is 0.571. The van der Waals surface area contributed by atoms with E-state index in [1.165, 1.54) is 17.9 Å². The Morgan fingerprint density at radius 3 is 2.35 bits per heavy atom. The highest BCUT2D eigenvalue weighted by Crippen LogP contribution is 2.54. The predicted molar refractivity (Wildman–Crippen MR) is 154 cm³/mol. The number of nitrogens with one attached hydrogen (secondary N) is 1. The minimum absolute atomic E-state index is 0.00393. The maximum atomic E-state index is 15.5. The van der Waals surface area contributed by atoms with Crippen LogP contribution in [0.25, 0.3) is 0 Å². The van der Waals surface area contributed by atoms with Crippen LogP contribution >= 0.6 is 8.60 Å². The number of ether oxygens (including phenoxy) is 1. The average Bonchev–Trinajstić information content (AvgIpc) is 2.85. The second kappa shape index (κ2) is 13.0. The minimum Gasteiger partial charge on any atom is -0.426 e. The topological polar surface area (TPSA) is 112 Å². The van der Waals surface area contributed by atoms with Gasteiger partial charge in [-0.1, -0.05) is 61.3 Å². The predicted octanol–water partition coefficient (Wildman–Crippen LogP) is 4.35. The normalized spacial score (nSPS) is 17.4. The molecule has 3 atom stereocenters. The Labute approximate surface area is 237 Å². The van der Waals surface area contributed by atoms with Crippen molar-refractivity contribution < 1.29 is 27.8 Å². The summed E-state index contributed by atoms with van der Waals surface area (Å²) in [6, 6.07) is 1.80. The molecule has 12 heteroatoms. The van der Waals surface area contributed by atoms with E-state index in [1.54, 1.807) is 6.07 Å². The molecule has 1 aliphatic heterocycles. The third-order valence-corrected chi connectivity index (χ3v) is 7.28. The van der Waals surface area contributed by atoms with Gasteiger partial charge in [-0.05, 0) is 28.9 Å². The monoisotopic (exact) mass is 576 g/mol. The number of aryl methyl sites for hydroxylation is 1. The molecular formula is C28H39BFN2O7P. The molecule has 9 nitrogen and oxygen atoms in total. The van der Waals surface area contributed by atoms with Crippen LogP contribution in [0.3, 0.4) is 0 Å². The number of terminal acetylenes is 1. The molecule has 2 heterocycles. The summed E-state index contributed by atoms with van der Waals surface area (Å²) in [6.45, 7) is 15.6. The zero-order chi connectivity index (χ0) is 30.6. The average molecular weight is 576 g/mol. The van der Waals surface area contributed by atoms with Gasteiger partial charge in [0.2, 0.25) is 0 Å². The summed E-state index contributed by atoms with van der Waals surface area (Å²) in [4.78, 5) is 25.9. The fourth-order valence-electron chi connectivity index (χ4n) is 4.00. The highest BCUT2D eigenvalue weighted by Gasteiger charge is 2.41. The molecule has 0 fully saturated rings. The van der Waals surface area contributed by atoms with E-state index < -0.39 is 48.3 Å². The van der Waals surface area contributed by atoms with Crippen molar-refractivity contribution in [3.63, 3.8) is 0 Å². The first kappa shape index (κ1) is 33.7. The van der Waals surface area contributed by atoms with Gasteiger partial charge in [-0.3, -0.25) is 23.4 Å². The van der Waals surface area contributed by atoms with E-state index in [0.29, 0.717) is 11.3 Å². The molecule has 3 unspecified atom stereocenters. The Kier molecular flexibility index (Phi) is 11.0. The number of aromatic amines is 1. The van der Waals surface area contributed by atoms with Crippen molar-refractivity contribution >= 4 is 16.4 Å². The summed E-state index contributed by atoms with van der Waals surface area (Å²) >= 11 is 0. The Bertz CT molecular complexity index is 1350. The Morgan fingerprint density at radius 2 is 1.82 bits per heavy atom. The van der Waals surface area contributed by atoms with Gasteiger partial charge in [-0.15, -0.1) is 6.42 Å². The molecule has 1 aromatic heterocycles. The lowest BCUT2D eigenvalue weighted by Gasteiger charge is -2.37. The molecule has 0 aliphatic carbocycles. The molecule has 2 N–H and O–H groups in total. The zero-order valence-corrected chi connectivity index (χ0v) is 25.6. The van der Waals surface area contributed by atoms with Gasteiger partial charge in [0.1, 0.15) is 23.2 Å². The largest absolute Gasteiger partial charge is 0.426 e. The smallest absolute Gasteiger partial charge is 0.399 e. The van der Waals surface area contributed by atoms with E-state index in [0.717, 1.165) is 5.56 Å². The quantitative estimate of drug-likeness (QED) is 0.218. The highest BCUT2D eigenvalue weighted by molar-refractivity contribution is 7.42. The number of nitrogens with zero attached hydrogens (tertiary/aromatic N) is 1. The van der Waals surface area contributed by atoms with E-state index >= 15 is 4.39 Å². The van der Waals surface area contributed by atoms with E-state index in [1.807, 2.05) is 55.4 Å². The van der Waals surface area contributed by atoms with Gasteiger partial charge < -0.3 is 14.4 Å². The molecule has 3 rings (SSSR count). The van der Waals surface area contributed by atoms with Crippen LogP contribution in [0.5, 0.6) is 5.75 Å². The molecule has 0 saturated heterocycles. The lowest BCUT2D eigenvalue weighted by molar-refractivity contribution is -0.161. The van der Waals surface area contributed by atoms with Gasteiger partial charge >= 0.3 is 14.3 Å². The van der Waals surface area contributed by atoms with Crippen LogP contribution in [0.1, 0.15) is 84.1 Å². The summed E-state index contributed by atoms with van der Waals surface area (Å²) in [6.07, 6.45) is 5.38. The molecule has 0 saturated carbocycles. The molecule has 2 radical (unpaired) electrons. The number of halogens is 1. The third-order valence-electron chi connectivity index (χ3n) is 6.17. The number of hydrogen-bond donors (Lipinski definition) is 2. The molecule has 1 aromatic carbocycles. The SMILES string of the molecule is CC.[B]C(O)(OP1OCc2c(F)c(C(C)(C)C)cc(C(C)(C)C)c2O1)C(CCn1cc(C#C)c(=O)[nH]c1=O)OC. The number of aliphatic hydroxyl groups is 1. The van der Waals surface area contributed by atoms with Crippen molar-refractivity contribution in [3.8, 4) is 18.1 Å². The molecule has 2 aromatic rings. The van der Waals surface area contributed by atoms with Crippen LogP contribution in [-0.2, 0) is 37.8 Å². The first-order valence-electron chi connectivity index (χ1n) is 13.0. The van der Waals surface area contributed by atoms with Gasteiger partial charge in [0.05, 0.1) is 12.2 Å². The van der Waals surface area contributed by atoms with Crippen LogP contribution in [-0.4, -0.2) is 41.4 Å². The molecule has 0 amide bonds. The second-order valence-corrected chi connectivity index (χ2v) is 12.2. The highest BCUT2D eigenvalue weighted by atomic mass is 31.2. The minimum atomic E-state index is -2.40. The summed E-state index contributed by atoms with van der Waals surface area (Å²) in [7, 11) is 5.11. The summed E-state index contributed by atoms with van der Waals surface area (Å²) in [5.41, 5.74) is -3.05. The van der Waals surface area contributed by atoms with Crippen molar-refractivity contribution in [1.29, 1.82) is 0 Å². The summed E-state index contributed by atoms with van der Waals surface area (Å²) in [5.74, 6) is 2.08. The van der Waals surface area contributed by atoms with Gasteiger partial charge in [0.25, 0.3) is 5.56 Å². The number of fused-ring (bicyclic) bond motifs is 1. The maximum absolute atomic E-state index is 15.5. The lowest BCUT2D eigenvalue weighted by Crippen LogP contribution is -2.47. The van der Waals surface area contributed by atoms with Gasteiger partial charge in [0.15, 0.2) is 13.5 Å². The van der Waals surface area contributed by atoms with Crippen LogP contribution < -0.4 is 15.8 Å². The lowest BCUT2D eigenvalue weighted by atomic mass is 9.78. The van der Waals surface area contributed by atoms with Crippen LogP contribution in [0.4, 0.5) is 4.39 Å². The Hall–Kier alpha value is -2.48.